The van der Waals surface area contributed by atoms with Crippen LogP contribution in [-0.2, 0) is 5.41 Å². The molecule has 0 unspecified atom stereocenters. The summed E-state index contributed by atoms with van der Waals surface area (Å²) >= 11 is 1.35. The minimum Gasteiger partial charge on any atom is -0.493 e. The van der Waals surface area contributed by atoms with Gasteiger partial charge in [0.25, 0.3) is 5.56 Å². The van der Waals surface area contributed by atoms with Crippen molar-refractivity contribution in [1.29, 1.82) is 0 Å². The number of aromatic nitrogens is 3. The van der Waals surface area contributed by atoms with Gasteiger partial charge in [0.15, 0.2) is 5.82 Å². The topological polar surface area (TPSA) is 56.5 Å². The van der Waals surface area contributed by atoms with Crippen molar-refractivity contribution < 1.29 is 4.74 Å². The third kappa shape index (κ3) is 4.75. The Morgan fingerprint density at radius 2 is 1.81 bits per heavy atom. The van der Waals surface area contributed by atoms with Crippen molar-refractivity contribution >= 4 is 22.4 Å². The molecular weight excluding hydrogens is 418 g/mol. The van der Waals surface area contributed by atoms with E-state index >= 15 is 0 Å². The molecule has 4 rings (SSSR count). The quantitative estimate of drug-likeness (QED) is 0.364. The Kier molecular flexibility index (Phi) is 6.42. The van der Waals surface area contributed by atoms with Crippen LogP contribution in [0.5, 0.6) is 5.75 Å². The molecule has 5 nitrogen and oxygen atoms in total. The van der Waals surface area contributed by atoms with Gasteiger partial charge in [0.1, 0.15) is 5.75 Å². The molecule has 4 aromatic rings. The van der Waals surface area contributed by atoms with Gasteiger partial charge in [-0.25, -0.2) is 0 Å². The van der Waals surface area contributed by atoms with Crippen LogP contribution in [0.15, 0.2) is 53.3 Å². The van der Waals surface area contributed by atoms with Gasteiger partial charge in [-0.15, -0.1) is 5.10 Å². The van der Waals surface area contributed by atoms with Crippen molar-refractivity contribution in [2.45, 2.75) is 52.4 Å². The minimum absolute atomic E-state index is 0.0867. The fourth-order valence-electron chi connectivity index (χ4n) is 3.48. The second-order valence-electron chi connectivity index (χ2n) is 8.97. The Bertz CT molecular complexity index is 1310. The second-order valence-corrected chi connectivity index (χ2v) is 9.98. The lowest BCUT2D eigenvalue weighted by Crippen LogP contribution is -2.23. The van der Waals surface area contributed by atoms with Gasteiger partial charge >= 0.3 is 0 Å². The zero-order valence-electron chi connectivity index (χ0n) is 19.1. The zero-order valence-corrected chi connectivity index (χ0v) is 19.9. The van der Waals surface area contributed by atoms with Crippen LogP contribution in [0.1, 0.15) is 58.1 Å². The molecule has 6 heteroatoms. The summed E-state index contributed by atoms with van der Waals surface area (Å²) in [6, 6.07) is 16.0. The average Bonchev–Trinajstić information content (AvgIpc) is 3.31. The van der Waals surface area contributed by atoms with Crippen LogP contribution in [0.4, 0.5) is 0 Å². The number of thiazole rings is 1. The predicted molar refractivity (Wildman–Crippen MR) is 132 cm³/mol. The number of unbranched alkanes of at least 4 members (excludes halogenated alkanes) is 2. The molecule has 0 aliphatic heterocycles. The molecule has 0 bridgehead atoms. The number of para-hydroxylation sites is 1. The molecule has 0 N–H and O–H groups in total. The van der Waals surface area contributed by atoms with Crippen molar-refractivity contribution in [3.63, 3.8) is 0 Å². The van der Waals surface area contributed by atoms with Gasteiger partial charge < -0.3 is 4.74 Å². The molecule has 0 saturated carbocycles. The molecule has 0 aliphatic rings. The molecule has 2 aromatic heterocycles. The number of nitrogens with zero attached hydrogens (tertiary/aromatic N) is 3. The molecule has 0 saturated heterocycles. The first-order valence-corrected chi connectivity index (χ1v) is 11.9. The van der Waals surface area contributed by atoms with Crippen LogP contribution in [0.3, 0.4) is 0 Å². The summed E-state index contributed by atoms with van der Waals surface area (Å²) in [4.78, 5) is 18.2. The van der Waals surface area contributed by atoms with Crippen molar-refractivity contribution in [2.24, 2.45) is 0 Å². The van der Waals surface area contributed by atoms with Crippen molar-refractivity contribution in [3.05, 3.63) is 74.5 Å². The fourth-order valence-corrected chi connectivity index (χ4v) is 4.38. The normalized spacial score (nSPS) is 12.6. The Morgan fingerprint density at radius 1 is 1.06 bits per heavy atom. The first-order chi connectivity index (χ1) is 15.4. The van der Waals surface area contributed by atoms with Crippen LogP contribution in [0.25, 0.3) is 22.4 Å². The average molecular weight is 448 g/mol. The van der Waals surface area contributed by atoms with Gasteiger partial charge in [-0.2, -0.15) is 9.50 Å². The summed E-state index contributed by atoms with van der Waals surface area (Å²) in [5.74, 6) is 1.36. The molecule has 0 fully saturated rings. The Labute approximate surface area is 192 Å². The third-order valence-corrected chi connectivity index (χ3v) is 6.36. The van der Waals surface area contributed by atoms with Gasteiger partial charge in [-0.3, -0.25) is 4.79 Å². The summed E-state index contributed by atoms with van der Waals surface area (Å²) in [5.41, 5.74) is 2.98. The highest BCUT2D eigenvalue weighted by molar-refractivity contribution is 7.15. The first-order valence-electron chi connectivity index (χ1n) is 11.1. The molecule has 0 spiro atoms. The number of fused-ring (bicyclic) bond motifs is 1. The fraction of sp³-hybridized carbons (Fsp3) is 0.346. The Hall–Kier alpha value is -2.99. The van der Waals surface area contributed by atoms with Gasteiger partial charge in [-0.1, -0.05) is 94.3 Å². The van der Waals surface area contributed by atoms with Gasteiger partial charge in [0.2, 0.25) is 4.96 Å². The van der Waals surface area contributed by atoms with Crippen LogP contribution >= 0.6 is 11.3 Å². The summed E-state index contributed by atoms with van der Waals surface area (Å²) in [7, 11) is 0. The number of hydrogen-bond acceptors (Lipinski definition) is 5. The van der Waals surface area contributed by atoms with E-state index in [4.69, 9.17) is 4.74 Å². The van der Waals surface area contributed by atoms with Crippen molar-refractivity contribution in [3.8, 4) is 17.1 Å². The van der Waals surface area contributed by atoms with E-state index in [2.05, 4.69) is 49.9 Å². The third-order valence-electron chi connectivity index (χ3n) is 5.40. The Balaban J connectivity index is 1.63. The molecule has 2 heterocycles. The monoisotopic (exact) mass is 447 g/mol. The van der Waals surface area contributed by atoms with Crippen LogP contribution in [0.2, 0.25) is 0 Å². The van der Waals surface area contributed by atoms with Gasteiger partial charge in [-0.05, 0) is 29.5 Å². The second kappa shape index (κ2) is 9.25. The van der Waals surface area contributed by atoms with E-state index in [1.807, 2.05) is 42.5 Å². The molecule has 0 amide bonds. The summed E-state index contributed by atoms with van der Waals surface area (Å²) in [5, 5.41) is 4.48. The van der Waals surface area contributed by atoms with E-state index in [0.29, 0.717) is 21.9 Å². The van der Waals surface area contributed by atoms with Crippen LogP contribution in [0, 0.1) is 0 Å². The number of benzene rings is 2. The predicted octanol–water partition coefficient (Wildman–Crippen LogP) is 5.23. The number of ether oxygens (including phenoxy) is 1. The van der Waals surface area contributed by atoms with E-state index in [1.165, 1.54) is 21.4 Å². The van der Waals surface area contributed by atoms with E-state index in [-0.39, 0.29) is 11.0 Å². The minimum atomic E-state index is -0.157. The van der Waals surface area contributed by atoms with Gasteiger partial charge in [0.05, 0.1) is 11.1 Å². The summed E-state index contributed by atoms with van der Waals surface area (Å²) in [6.45, 7) is 9.40. The zero-order chi connectivity index (χ0) is 22.7. The number of rotatable bonds is 7. The van der Waals surface area contributed by atoms with Crippen LogP contribution in [-0.4, -0.2) is 21.2 Å². The number of hydrogen-bond donors (Lipinski definition) is 0. The van der Waals surface area contributed by atoms with E-state index < -0.39 is 0 Å². The first kappa shape index (κ1) is 22.2. The van der Waals surface area contributed by atoms with E-state index in [1.54, 1.807) is 0 Å². The van der Waals surface area contributed by atoms with Crippen molar-refractivity contribution in [2.75, 3.05) is 6.61 Å². The molecule has 166 valence electrons. The van der Waals surface area contributed by atoms with Crippen molar-refractivity contribution in [1.82, 2.24) is 14.6 Å². The molecule has 0 aliphatic carbocycles. The van der Waals surface area contributed by atoms with Crippen LogP contribution < -0.4 is 14.8 Å². The smallest absolute Gasteiger partial charge is 0.291 e. The highest BCUT2D eigenvalue weighted by atomic mass is 32.1. The largest absolute Gasteiger partial charge is 0.493 e. The lowest BCUT2D eigenvalue weighted by atomic mass is 9.87. The molecular formula is C26H29N3O2S. The lowest BCUT2D eigenvalue weighted by molar-refractivity contribution is 0.305. The summed E-state index contributed by atoms with van der Waals surface area (Å²) < 4.78 is 7.94. The molecule has 0 atom stereocenters. The molecule has 32 heavy (non-hydrogen) atoms. The SMILES string of the molecule is CCCCCOc1ccccc1/C=c1\sc2nc(-c3ccc(C(C)(C)C)cc3)nn2c1=O. The maximum Gasteiger partial charge on any atom is 0.291 e. The highest BCUT2D eigenvalue weighted by Crippen LogP contribution is 2.25. The maximum absolute atomic E-state index is 13.0. The van der Waals surface area contributed by atoms with Gasteiger partial charge in [0, 0.05) is 11.1 Å². The lowest BCUT2D eigenvalue weighted by Gasteiger charge is -2.18. The van der Waals surface area contributed by atoms with E-state index in [9.17, 15) is 4.79 Å². The molecule has 2 aromatic carbocycles. The maximum atomic E-state index is 13.0. The summed E-state index contributed by atoms with van der Waals surface area (Å²) in [6.07, 6.45) is 5.19. The molecule has 0 radical (unpaired) electrons. The standard InChI is InChI=1S/C26H29N3O2S/c1-5-6-9-16-31-21-11-8-7-10-19(21)17-22-24(30)29-25(32-22)27-23(28-29)18-12-14-20(15-13-18)26(2,3)4/h7-8,10-15,17H,5-6,9,16H2,1-4H3/b22-17-. The van der Waals surface area contributed by atoms with E-state index in [0.717, 1.165) is 36.1 Å². The highest BCUT2D eigenvalue weighted by Gasteiger charge is 2.16. The Morgan fingerprint density at radius 3 is 2.50 bits per heavy atom.